The summed E-state index contributed by atoms with van der Waals surface area (Å²) in [6, 6.07) is 3.53. The third-order valence-corrected chi connectivity index (χ3v) is 6.54. The molecular formula is C27H31F4N5O. The highest BCUT2D eigenvalue weighted by Crippen LogP contribution is 2.36. The molecule has 1 atom stereocenters. The van der Waals surface area contributed by atoms with Crippen LogP contribution in [0.2, 0.25) is 0 Å². The molecule has 37 heavy (non-hydrogen) atoms. The quantitative estimate of drug-likeness (QED) is 0.310. The van der Waals surface area contributed by atoms with Gasteiger partial charge in [-0.15, -0.1) is 0 Å². The number of halogens is 4. The van der Waals surface area contributed by atoms with E-state index in [2.05, 4.69) is 20.7 Å². The molecule has 6 nitrogen and oxygen atoms in total. The predicted molar refractivity (Wildman–Crippen MR) is 136 cm³/mol. The number of allylic oxidation sites excluding steroid dienone is 6. The van der Waals surface area contributed by atoms with Gasteiger partial charge in [-0.1, -0.05) is 19.1 Å². The van der Waals surface area contributed by atoms with Crippen molar-refractivity contribution in [2.75, 3.05) is 19.1 Å². The van der Waals surface area contributed by atoms with Gasteiger partial charge in [0, 0.05) is 36.5 Å². The molecule has 2 aromatic rings. The van der Waals surface area contributed by atoms with E-state index in [1.165, 1.54) is 6.08 Å². The summed E-state index contributed by atoms with van der Waals surface area (Å²) in [6.45, 7) is 3.58. The highest BCUT2D eigenvalue weighted by atomic mass is 19.4. The molecule has 0 saturated heterocycles. The van der Waals surface area contributed by atoms with Crippen LogP contribution < -0.4 is 10.6 Å². The number of anilines is 1. The number of rotatable bonds is 8. The standard InChI is InChI=1S/C27H31F4N5O/c1-4-7-19(27(29,30)31)12-20(17(5-2)15-28)23-14-24-22(8-6-11-36(24)35-23)34-26-21-13-25(37-3)33-16-18(21)9-10-32-26/h5,7,9-10,12-14,22,33H,4,6,8,11,15-16H2,1-3H3,(H,32,34)/b17-5-,19-7-,20-12+. The molecule has 0 aromatic carbocycles. The van der Waals surface area contributed by atoms with Gasteiger partial charge < -0.3 is 15.4 Å². The molecule has 2 aliphatic rings. The Kier molecular flexibility index (Phi) is 8.04. The topological polar surface area (TPSA) is 64.0 Å². The first kappa shape index (κ1) is 26.5. The average molecular weight is 518 g/mol. The maximum Gasteiger partial charge on any atom is 0.416 e. The van der Waals surface area contributed by atoms with Crippen molar-refractivity contribution in [3.05, 3.63) is 76.1 Å². The lowest BCUT2D eigenvalue weighted by molar-refractivity contribution is -0.0883. The number of hydrogen-bond acceptors (Lipinski definition) is 5. The molecule has 4 rings (SSSR count). The number of nitrogens with one attached hydrogen (secondary N) is 2. The molecule has 2 aromatic heterocycles. The summed E-state index contributed by atoms with van der Waals surface area (Å²) in [5.41, 5.74) is 2.60. The molecule has 0 aliphatic carbocycles. The van der Waals surface area contributed by atoms with E-state index in [-0.39, 0.29) is 23.6 Å². The molecule has 0 saturated carbocycles. The zero-order valence-electron chi connectivity index (χ0n) is 21.1. The van der Waals surface area contributed by atoms with Crippen molar-refractivity contribution in [1.82, 2.24) is 20.1 Å². The van der Waals surface area contributed by atoms with E-state index in [1.807, 2.05) is 12.1 Å². The molecule has 0 amide bonds. The van der Waals surface area contributed by atoms with Crippen molar-refractivity contribution in [3.8, 4) is 0 Å². The van der Waals surface area contributed by atoms with Crippen LogP contribution in [0.25, 0.3) is 11.6 Å². The Morgan fingerprint density at radius 2 is 2.16 bits per heavy atom. The maximum absolute atomic E-state index is 13.9. The fraction of sp³-hybridized carbons (Fsp3) is 0.407. The highest BCUT2D eigenvalue weighted by molar-refractivity contribution is 5.79. The third-order valence-electron chi connectivity index (χ3n) is 6.54. The van der Waals surface area contributed by atoms with Crippen LogP contribution in [0.4, 0.5) is 23.4 Å². The zero-order valence-corrected chi connectivity index (χ0v) is 21.1. The van der Waals surface area contributed by atoms with Gasteiger partial charge in [-0.2, -0.15) is 18.3 Å². The summed E-state index contributed by atoms with van der Waals surface area (Å²) in [7, 11) is 1.59. The Morgan fingerprint density at radius 1 is 1.35 bits per heavy atom. The van der Waals surface area contributed by atoms with Crippen molar-refractivity contribution >= 4 is 17.5 Å². The Balaban J connectivity index is 1.73. The summed E-state index contributed by atoms with van der Waals surface area (Å²) < 4.78 is 62.1. The fourth-order valence-corrected chi connectivity index (χ4v) is 4.63. The second kappa shape index (κ2) is 11.2. The number of nitrogens with zero attached hydrogens (tertiary/aromatic N) is 3. The van der Waals surface area contributed by atoms with Crippen molar-refractivity contribution in [2.45, 2.75) is 58.4 Å². The molecular weight excluding hydrogens is 486 g/mol. The SMILES string of the molecule is C\C=C(CF)/C(=C\C(=C\CC)C(F)(F)F)c1cc2n(n1)CCCC2Nc1nccc2c1C=C(OC)NC2. The van der Waals surface area contributed by atoms with Crippen LogP contribution in [0.3, 0.4) is 0 Å². The van der Waals surface area contributed by atoms with Crippen molar-refractivity contribution < 1.29 is 22.3 Å². The van der Waals surface area contributed by atoms with Gasteiger partial charge in [0.1, 0.15) is 12.5 Å². The van der Waals surface area contributed by atoms with E-state index in [0.717, 1.165) is 41.8 Å². The number of alkyl halides is 4. The van der Waals surface area contributed by atoms with E-state index >= 15 is 0 Å². The lowest BCUT2D eigenvalue weighted by atomic mass is 9.97. The minimum Gasteiger partial charge on any atom is -0.482 e. The van der Waals surface area contributed by atoms with Crippen molar-refractivity contribution in [2.24, 2.45) is 0 Å². The van der Waals surface area contributed by atoms with E-state index in [9.17, 15) is 17.6 Å². The van der Waals surface area contributed by atoms with Crippen molar-refractivity contribution in [1.29, 1.82) is 0 Å². The van der Waals surface area contributed by atoms with E-state index in [4.69, 9.17) is 4.74 Å². The summed E-state index contributed by atoms with van der Waals surface area (Å²) in [4.78, 5) is 4.54. The molecule has 2 aliphatic heterocycles. The molecule has 4 heterocycles. The molecule has 198 valence electrons. The number of aromatic nitrogens is 3. The summed E-state index contributed by atoms with van der Waals surface area (Å²) in [5.74, 6) is 1.33. The monoisotopic (exact) mass is 517 g/mol. The van der Waals surface area contributed by atoms with E-state index in [1.54, 1.807) is 37.9 Å². The molecule has 0 bridgehead atoms. The molecule has 0 radical (unpaired) electrons. The lowest BCUT2D eigenvalue weighted by Gasteiger charge is -2.27. The fourth-order valence-electron chi connectivity index (χ4n) is 4.63. The summed E-state index contributed by atoms with van der Waals surface area (Å²) in [6.07, 6.45) is 4.49. The smallest absolute Gasteiger partial charge is 0.416 e. The summed E-state index contributed by atoms with van der Waals surface area (Å²) >= 11 is 0. The molecule has 2 N–H and O–H groups in total. The molecule has 0 fully saturated rings. The first-order valence-electron chi connectivity index (χ1n) is 12.3. The Morgan fingerprint density at radius 3 is 2.84 bits per heavy atom. The number of aryl methyl sites for hydroxylation is 1. The van der Waals surface area contributed by atoms with Gasteiger partial charge in [-0.05, 0) is 55.5 Å². The van der Waals surface area contributed by atoms with Crippen LogP contribution in [0, 0.1) is 0 Å². The van der Waals surface area contributed by atoms with E-state index in [0.29, 0.717) is 30.5 Å². The van der Waals surface area contributed by atoms with Crippen LogP contribution in [-0.4, -0.2) is 34.7 Å². The molecule has 1 unspecified atom stereocenters. The van der Waals surface area contributed by atoms with Gasteiger partial charge in [0.15, 0.2) is 5.88 Å². The van der Waals surface area contributed by atoms with Gasteiger partial charge in [0.25, 0.3) is 0 Å². The second-order valence-electron chi connectivity index (χ2n) is 8.89. The normalized spacial score (nSPS) is 18.5. The summed E-state index contributed by atoms with van der Waals surface area (Å²) in [5, 5.41) is 11.3. The molecule has 0 spiro atoms. The number of methoxy groups -OCH3 is 1. The van der Waals surface area contributed by atoms with Crippen LogP contribution in [0.5, 0.6) is 0 Å². The largest absolute Gasteiger partial charge is 0.482 e. The van der Waals surface area contributed by atoms with Crippen LogP contribution in [-0.2, 0) is 17.8 Å². The van der Waals surface area contributed by atoms with Crippen LogP contribution in [0.15, 0.2) is 53.6 Å². The zero-order chi connectivity index (χ0) is 26.6. The van der Waals surface area contributed by atoms with Gasteiger partial charge >= 0.3 is 6.18 Å². The Bertz CT molecular complexity index is 1260. The Labute approximate surface area is 213 Å². The van der Waals surface area contributed by atoms with Gasteiger partial charge in [-0.25, -0.2) is 9.37 Å². The third kappa shape index (κ3) is 5.73. The first-order chi connectivity index (χ1) is 17.8. The lowest BCUT2D eigenvalue weighted by Crippen LogP contribution is -2.24. The van der Waals surface area contributed by atoms with E-state index < -0.39 is 18.4 Å². The van der Waals surface area contributed by atoms with Gasteiger partial charge in [-0.3, -0.25) is 4.68 Å². The highest BCUT2D eigenvalue weighted by Gasteiger charge is 2.33. The number of ether oxygens (including phenoxy) is 1. The van der Waals surface area contributed by atoms with Crippen LogP contribution >= 0.6 is 0 Å². The molecule has 10 heteroatoms. The predicted octanol–water partition coefficient (Wildman–Crippen LogP) is 6.47. The number of fused-ring (bicyclic) bond motifs is 2. The van der Waals surface area contributed by atoms with Gasteiger partial charge in [0.05, 0.1) is 30.1 Å². The minimum atomic E-state index is -4.55. The van der Waals surface area contributed by atoms with Crippen molar-refractivity contribution in [3.63, 3.8) is 0 Å². The number of pyridine rings is 1. The number of hydrogen-bond donors (Lipinski definition) is 2. The van der Waals surface area contributed by atoms with Gasteiger partial charge in [0.2, 0.25) is 0 Å². The maximum atomic E-state index is 13.9. The van der Waals surface area contributed by atoms with Crippen LogP contribution in [0.1, 0.15) is 61.7 Å². The average Bonchev–Trinajstić information content (AvgIpc) is 3.32. The Hall–Kier alpha value is -3.56. The minimum absolute atomic E-state index is 0.136. The first-order valence-corrected chi connectivity index (χ1v) is 12.3. The second-order valence-corrected chi connectivity index (χ2v) is 8.89.